The number of aromatic nitrogens is 1. The minimum absolute atomic E-state index is 0.00854. The van der Waals surface area contributed by atoms with Gasteiger partial charge in [-0.25, -0.2) is 9.37 Å². The number of nitrogens with one attached hydrogen (secondary N) is 1. The second kappa shape index (κ2) is 5.83. The molecule has 1 N–H and O–H groups in total. The van der Waals surface area contributed by atoms with Crippen molar-refractivity contribution in [3.8, 4) is 5.75 Å². The number of rotatable bonds is 5. The van der Waals surface area contributed by atoms with Crippen LogP contribution in [-0.2, 0) is 6.54 Å². The third-order valence-electron chi connectivity index (χ3n) is 2.56. The van der Waals surface area contributed by atoms with Gasteiger partial charge in [0, 0.05) is 17.1 Å². The maximum absolute atomic E-state index is 13.8. The first-order valence-electron chi connectivity index (χ1n) is 5.68. The minimum Gasteiger partial charge on any atom is -0.490 e. The summed E-state index contributed by atoms with van der Waals surface area (Å²) < 4.78 is 18.7. The number of anilines is 1. The molecule has 0 atom stereocenters. The number of nitro groups is 1. The van der Waals surface area contributed by atoms with Gasteiger partial charge in [-0.3, -0.25) is 10.1 Å². The highest BCUT2D eigenvalue weighted by Gasteiger charge is 2.19. The van der Waals surface area contributed by atoms with Gasteiger partial charge in [0.2, 0.25) is 0 Å². The van der Waals surface area contributed by atoms with Crippen LogP contribution < -0.4 is 10.1 Å². The van der Waals surface area contributed by atoms with Gasteiger partial charge in [-0.05, 0) is 6.92 Å². The van der Waals surface area contributed by atoms with Crippen molar-refractivity contribution in [2.24, 2.45) is 0 Å². The number of nitro benzene ring substituents is 1. The summed E-state index contributed by atoms with van der Waals surface area (Å²) in [4.78, 5) is 15.3. The molecule has 0 saturated heterocycles. The van der Waals surface area contributed by atoms with Crippen molar-refractivity contribution in [2.45, 2.75) is 13.5 Å². The first-order valence-corrected chi connectivity index (χ1v) is 6.50. The van der Waals surface area contributed by atoms with Crippen LogP contribution in [0.15, 0.2) is 18.3 Å². The Labute approximate surface area is 118 Å². The smallest absolute Gasteiger partial charge is 0.313 e. The Morgan fingerprint density at radius 2 is 2.30 bits per heavy atom. The molecule has 0 amide bonds. The fraction of sp³-hybridized carbons (Fsp3) is 0.250. The molecular formula is C12H12FN3O3S. The first kappa shape index (κ1) is 14.2. The first-order chi connectivity index (χ1) is 9.51. The van der Waals surface area contributed by atoms with Gasteiger partial charge in [0.25, 0.3) is 0 Å². The molecule has 0 radical (unpaired) electrons. The Morgan fingerprint density at radius 3 is 2.85 bits per heavy atom. The highest BCUT2D eigenvalue weighted by atomic mass is 32.1. The maximum Gasteiger partial charge on any atom is 0.313 e. The molecule has 1 aromatic heterocycles. The van der Waals surface area contributed by atoms with E-state index >= 15 is 0 Å². The monoisotopic (exact) mass is 297 g/mol. The zero-order valence-corrected chi connectivity index (χ0v) is 11.7. The van der Waals surface area contributed by atoms with Crippen LogP contribution in [0.3, 0.4) is 0 Å². The highest BCUT2D eigenvalue weighted by Crippen LogP contribution is 2.32. The van der Waals surface area contributed by atoms with E-state index in [4.69, 9.17) is 4.74 Å². The quantitative estimate of drug-likeness (QED) is 0.677. The van der Waals surface area contributed by atoms with Gasteiger partial charge in [0.05, 0.1) is 30.3 Å². The Hall–Kier alpha value is -2.22. The second-order valence-electron chi connectivity index (χ2n) is 3.98. The summed E-state index contributed by atoms with van der Waals surface area (Å²) in [5.74, 6) is -0.694. The standard InChI is InChI=1S/C12H12FN3O3S/c1-7-5-15-12(20-7)6-14-9-4-11(19-2)10(16(17)18)3-8(9)13/h3-5,14H,6H2,1-2H3. The molecule has 6 nitrogen and oxygen atoms in total. The summed E-state index contributed by atoms with van der Waals surface area (Å²) in [6.07, 6.45) is 1.73. The number of thiazole rings is 1. The van der Waals surface area contributed by atoms with Crippen molar-refractivity contribution in [2.75, 3.05) is 12.4 Å². The van der Waals surface area contributed by atoms with Crippen molar-refractivity contribution in [3.05, 3.63) is 44.1 Å². The largest absolute Gasteiger partial charge is 0.490 e. The van der Waals surface area contributed by atoms with Gasteiger partial charge in [0.15, 0.2) is 11.6 Å². The van der Waals surface area contributed by atoms with Crippen molar-refractivity contribution in [1.29, 1.82) is 0 Å². The molecule has 0 aliphatic rings. The lowest BCUT2D eigenvalue weighted by Gasteiger charge is -2.08. The number of halogens is 1. The topological polar surface area (TPSA) is 77.3 Å². The molecule has 20 heavy (non-hydrogen) atoms. The number of ether oxygens (including phenoxy) is 1. The molecule has 8 heteroatoms. The second-order valence-corrected chi connectivity index (χ2v) is 5.30. The van der Waals surface area contributed by atoms with E-state index in [9.17, 15) is 14.5 Å². The van der Waals surface area contributed by atoms with E-state index in [1.165, 1.54) is 24.5 Å². The van der Waals surface area contributed by atoms with E-state index in [0.717, 1.165) is 16.0 Å². The predicted octanol–water partition coefficient (Wildman–Crippen LogP) is 3.12. The Morgan fingerprint density at radius 1 is 1.55 bits per heavy atom. The zero-order chi connectivity index (χ0) is 14.7. The highest BCUT2D eigenvalue weighted by molar-refractivity contribution is 7.11. The van der Waals surface area contributed by atoms with Gasteiger partial charge >= 0.3 is 5.69 Å². The van der Waals surface area contributed by atoms with Crippen LogP contribution in [0.25, 0.3) is 0 Å². The van der Waals surface area contributed by atoms with Gasteiger partial charge in [0.1, 0.15) is 5.01 Å². The summed E-state index contributed by atoms with van der Waals surface area (Å²) >= 11 is 1.50. The third-order valence-corrected chi connectivity index (χ3v) is 3.48. The molecular weight excluding hydrogens is 285 g/mol. The van der Waals surface area contributed by atoms with Crippen LogP contribution in [0.1, 0.15) is 9.88 Å². The molecule has 1 aromatic carbocycles. The summed E-state index contributed by atoms with van der Waals surface area (Å²) in [7, 11) is 1.30. The summed E-state index contributed by atoms with van der Waals surface area (Å²) in [5, 5.41) is 14.4. The van der Waals surface area contributed by atoms with Gasteiger partial charge < -0.3 is 10.1 Å². The molecule has 0 aliphatic heterocycles. The lowest BCUT2D eigenvalue weighted by molar-refractivity contribution is -0.385. The molecule has 0 unspecified atom stereocenters. The normalized spacial score (nSPS) is 10.3. The molecule has 106 valence electrons. The van der Waals surface area contributed by atoms with Gasteiger partial charge in [-0.1, -0.05) is 0 Å². The molecule has 0 saturated carbocycles. The van der Waals surface area contributed by atoms with E-state index in [2.05, 4.69) is 10.3 Å². The number of hydrogen-bond acceptors (Lipinski definition) is 6. The summed E-state index contributed by atoms with van der Waals surface area (Å²) in [6.45, 7) is 2.27. The molecule has 0 spiro atoms. The predicted molar refractivity (Wildman–Crippen MR) is 73.8 cm³/mol. The molecule has 1 heterocycles. The van der Waals surface area contributed by atoms with Crippen molar-refractivity contribution >= 4 is 22.7 Å². The number of aryl methyl sites for hydroxylation is 1. The van der Waals surface area contributed by atoms with E-state index in [1.807, 2.05) is 6.92 Å². The number of benzene rings is 1. The zero-order valence-electron chi connectivity index (χ0n) is 10.8. The fourth-order valence-corrected chi connectivity index (χ4v) is 2.37. The summed E-state index contributed by atoms with van der Waals surface area (Å²) in [5.41, 5.74) is -0.263. The van der Waals surface area contributed by atoms with Crippen LogP contribution in [0.4, 0.5) is 15.8 Å². The van der Waals surface area contributed by atoms with E-state index in [0.29, 0.717) is 6.54 Å². The fourth-order valence-electron chi connectivity index (χ4n) is 1.64. The molecule has 2 rings (SSSR count). The van der Waals surface area contributed by atoms with Crippen LogP contribution >= 0.6 is 11.3 Å². The van der Waals surface area contributed by atoms with E-state index in [1.54, 1.807) is 6.20 Å². The van der Waals surface area contributed by atoms with E-state index in [-0.39, 0.29) is 11.4 Å². The maximum atomic E-state index is 13.8. The summed E-state index contributed by atoms with van der Waals surface area (Å²) in [6, 6.07) is 2.11. The average Bonchev–Trinajstić information content (AvgIpc) is 2.82. The van der Waals surface area contributed by atoms with E-state index < -0.39 is 16.4 Å². The van der Waals surface area contributed by atoms with Gasteiger partial charge in [-0.15, -0.1) is 11.3 Å². The third kappa shape index (κ3) is 3.02. The Kier molecular flexibility index (Phi) is 4.14. The number of nitrogens with zero attached hydrogens (tertiary/aromatic N) is 2. The van der Waals surface area contributed by atoms with Crippen LogP contribution in [-0.4, -0.2) is 17.0 Å². The van der Waals surface area contributed by atoms with Crippen LogP contribution in [0.5, 0.6) is 5.75 Å². The molecule has 2 aromatic rings. The Bertz CT molecular complexity index is 645. The molecule has 0 aliphatic carbocycles. The van der Waals surface area contributed by atoms with Gasteiger partial charge in [-0.2, -0.15) is 0 Å². The average molecular weight is 297 g/mol. The van der Waals surface area contributed by atoms with Crippen LogP contribution in [0, 0.1) is 22.9 Å². The van der Waals surface area contributed by atoms with Crippen molar-refractivity contribution in [3.63, 3.8) is 0 Å². The molecule has 0 bridgehead atoms. The van der Waals surface area contributed by atoms with Crippen molar-refractivity contribution < 1.29 is 14.1 Å². The van der Waals surface area contributed by atoms with Crippen molar-refractivity contribution in [1.82, 2.24) is 4.98 Å². The lowest BCUT2D eigenvalue weighted by Crippen LogP contribution is -2.03. The van der Waals surface area contributed by atoms with Crippen LogP contribution in [0.2, 0.25) is 0 Å². The molecule has 0 fully saturated rings. The Balaban J connectivity index is 2.21. The SMILES string of the molecule is COc1cc(NCc2ncc(C)s2)c(F)cc1[N+](=O)[O-]. The number of methoxy groups -OCH3 is 1. The minimum atomic E-state index is -0.703. The lowest BCUT2D eigenvalue weighted by atomic mass is 10.2. The number of hydrogen-bond donors (Lipinski definition) is 1.